The highest BCUT2D eigenvalue weighted by molar-refractivity contribution is 5.73. The number of hydrogen-bond acceptors (Lipinski definition) is 5. The van der Waals surface area contributed by atoms with E-state index in [2.05, 4.69) is 27.5 Å². The number of benzene rings is 1. The molecule has 0 radical (unpaired) electrons. The first-order chi connectivity index (χ1) is 12.6. The third-order valence-electron chi connectivity index (χ3n) is 5.66. The summed E-state index contributed by atoms with van der Waals surface area (Å²) in [6.45, 7) is 4.21. The zero-order chi connectivity index (χ0) is 18.1. The lowest BCUT2D eigenvalue weighted by atomic mass is 9.88. The van der Waals surface area contributed by atoms with Crippen molar-refractivity contribution in [3.63, 3.8) is 0 Å². The second-order valence-corrected chi connectivity index (χ2v) is 7.83. The summed E-state index contributed by atoms with van der Waals surface area (Å²) in [6.07, 6.45) is 6.81. The molecular weight excluding hydrogens is 324 g/mol. The van der Waals surface area contributed by atoms with Crippen molar-refractivity contribution < 1.29 is 5.11 Å². The Hall–Kier alpha value is -2.14. The van der Waals surface area contributed by atoms with E-state index in [1.165, 1.54) is 43.4 Å². The molecule has 1 aromatic carbocycles. The first kappa shape index (κ1) is 17.3. The highest BCUT2D eigenvalue weighted by atomic mass is 16.3. The van der Waals surface area contributed by atoms with E-state index in [0.29, 0.717) is 11.8 Å². The lowest BCUT2D eigenvalue weighted by Gasteiger charge is -2.31. The average molecular weight is 352 g/mol. The Labute approximate surface area is 155 Å². The molecule has 2 aliphatic rings. The molecule has 5 heteroatoms. The van der Waals surface area contributed by atoms with E-state index >= 15 is 0 Å². The molecule has 0 amide bonds. The minimum Gasteiger partial charge on any atom is -0.507 e. The number of aryl methyl sites for hydroxylation is 1. The van der Waals surface area contributed by atoms with Crippen LogP contribution < -0.4 is 5.32 Å². The molecule has 0 saturated carbocycles. The second-order valence-electron chi connectivity index (χ2n) is 7.83. The molecule has 2 aromatic rings. The van der Waals surface area contributed by atoms with Gasteiger partial charge in [-0.25, -0.2) is 0 Å². The van der Waals surface area contributed by atoms with Crippen LogP contribution in [0.4, 0.5) is 5.82 Å². The van der Waals surface area contributed by atoms with E-state index in [4.69, 9.17) is 0 Å². The molecule has 2 heterocycles. The van der Waals surface area contributed by atoms with Crippen molar-refractivity contribution in [3.8, 4) is 17.0 Å². The highest BCUT2D eigenvalue weighted by Gasteiger charge is 2.24. The summed E-state index contributed by atoms with van der Waals surface area (Å²) in [5.41, 5.74) is 5.26. The number of phenols is 1. The Balaban J connectivity index is 1.70. The average Bonchev–Trinajstić information content (AvgIpc) is 2.63. The summed E-state index contributed by atoms with van der Waals surface area (Å²) in [6, 6.07) is 6.23. The van der Waals surface area contributed by atoms with Crippen molar-refractivity contribution >= 4 is 5.82 Å². The SMILES string of the molecule is Cc1ccc(-c2nnc(NC3CCCN(C)C3)c3c2CCCC3)c(O)c1. The van der Waals surface area contributed by atoms with Gasteiger partial charge in [-0.1, -0.05) is 6.07 Å². The van der Waals surface area contributed by atoms with E-state index in [0.717, 1.165) is 42.0 Å². The number of hydrogen-bond donors (Lipinski definition) is 2. The van der Waals surface area contributed by atoms with E-state index in [9.17, 15) is 5.11 Å². The number of fused-ring (bicyclic) bond motifs is 1. The number of anilines is 1. The highest BCUT2D eigenvalue weighted by Crippen LogP contribution is 2.37. The van der Waals surface area contributed by atoms with Gasteiger partial charge in [-0.15, -0.1) is 10.2 Å². The Kier molecular flexibility index (Phi) is 4.81. The van der Waals surface area contributed by atoms with E-state index in [-0.39, 0.29) is 0 Å². The summed E-state index contributed by atoms with van der Waals surface area (Å²) in [4.78, 5) is 2.37. The molecule has 0 spiro atoms. The molecule has 5 nitrogen and oxygen atoms in total. The Bertz CT molecular complexity index is 805. The number of rotatable bonds is 3. The lowest BCUT2D eigenvalue weighted by Crippen LogP contribution is -2.40. The molecule has 1 unspecified atom stereocenters. The first-order valence-corrected chi connectivity index (χ1v) is 9.75. The monoisotopic (exact) mass is 352 g/mol. The molecule has 1 aliphatic heterocycles. The summed E-state index contributed by atoms with van der Waals surface area (Å²) in [7, 11) is 2.18. The van der Waals surface area contributed by atoms with Gasteiger partial charge in [0.05, 0.1) is 0 Å². The molecular formula is C21H28N4O. The van der Waals surface area contributed by atoms with Gasteiger partial charge in [0.1, 0.15) is 11.4 Å². The fraction of sp³-hybridized carbons (Fsp3) is 0.524. The molecule has 26 heavy (non-hydrogen) atoms. The van der Waals surface area contributed by atoms with Gasteiger partial charge >= 0.3 is 0 Å². The van der Waals surface area contributed by atoms with Crippen LogP contribution in [0, 0.1) is 6.92 Å². The topological polar surface area (TPSA) is 61.3 Å². The zero-order valence-electron chi connectivity index (χ0n) is 15.8. The molecule has 1 saturated heterocycles. The van der Waals surface area contributed by atoms with Crippen LogP contribution in [0.2, 0.25) is 0 Å². The number of aromatic hydroxyl groups is 1. The van der Waals surface area contributed by atoms with Crippen molar-refractivity contribution in [1.82, 2.24) is 15.1 Å². The van der Waals surface area contributed by atoms with Crippen LogP contribution in [0.1, 0.15) is 42.4 Å². The molecule has 0 bridgehead atoms. The summed E-state index contributed by atoms with van der Waals surface area (Å²) >= 11 is 0. The zero-order valence-corrected chi connectivity index (χ0v) is 15.8. The smallest absolute Gasteiger partial charge is 0.152 e. The van der Waals surface area contributed by atoms with Crippen molar-refractivity contribution in [2.45, 2.75) is 51.5 Å². The minimum atomic E-state index is 0.293. The van der Waals surface area contributed by atoms with Crippen LogP contribution in [0.15, 0.2) is 18.2 Å². The molecule has 1 aliphatic carbocycles. The molecule has 1 aromatic heterocycles. The fourth-order valence-corrected chi connectivity index (χ4v) is 4.30. The van der Waals surface area contributed by atoms with Gasteiger partial charge in [0.25, 0.3) is 0 Å². The van der Waals surface area contributed by atoms with Gasteiger partial charge in [0, 0.05) is 23.7 Å². The molecule has 138 valence electrons. The molecule has 1 atom stereocenters. The van der Waals surface area contributed by atoms with Crippen LogP contribution in [0.3, 0.4) is 0 Å². The van der Waals surface area contributed by atoms with Gasteiger partial charge < -0.3 is 15.3 Å². The summed E-state index contributed by atoms with van der Waals surface area (Å²) < 4.78 is 0. The minimum absolute atomic E-state index is 0.293. The largest absolute Gasteiger partial charge is 0.507 e. The van der Waals surface area contributed by atoms with Crippen LogP contribution in [-0.2, 0) is 12.8 Å². The Morgan fingerprint density at radius 2 is 1.92 bits per heavy atom. The number of phenolic OH excluding ortho intramolecular Hbond substituents is 1. The van der Waals surface area contributed by atoms with Crippen LogP contribution in [0.25, 0.3) is 11.3 Å². The van der Waals surface area contributed by atoms with Crippen molar-refractivity contribution in [2.75, 3.05) is 25.5 Å². The Morgan fingerprint density at radius 1 is 1.12 bits per heavy atom. The van der Waals surface area contributed by atoms with Gasteiger partial charge in [-0.3, -0.25) is 0 Å². The number of piperidine rings is 1. The van der Waals surface area contributed by atoms with E-state index in [1.54, 1.807) is 6.07 Å². The maximum atomic E-state index is 10.4. The van der Waals surface area contributed by atoms with Crippen molar-refractivity contribution in [2.24, 2.45) is 0 Å². The van der Waals surface area contributed by atoms with Crippen LogP contribution in [-0.4, -0.2) is 46.4 Å². The maximum absolute atomic E-state index is 10.4. The van der Waals surface area contributed by atoms with Gasteiger partial charge in [-0.05, 0) is 82.3 Å². The van der Waals surface area contributed by atoms with E-state index in [1.807, 2.05) is 19.1 Å². The van der Waals surface area contributed by atoms with Gasteiger partial charge in [0.15, 0.2) is 5.82 Å². The number of nitrogens with one attached hydrogen (secondary N) is 1. The number of likely N-dealkylation sites (tertiary alicyclic amines) is 1. The summed E-state index contributed by atoms with van der Waals surface area (Å²) in [5.74, 6) is 1.25. The van der Waals surface area contributed by atoms with Crippen LogP contribution >= 0.6 is 0 Å². The van der Waals surface area contributed by atoms with Gasteiger partial charge in [-0.2, -0.15) is 0 Å². The fourth-order valence-electron chi connectivity index (χ4n) is 4.30. The normalized spacial score (nSPS) is 20.6. The predicted octanol–water partition coefficient (Wildman–Crippen LogP) is 3.54. The van der Waals surface area contributed by atoms with Crippen molar-refractivity contribution in [3.05, 3.63) is 34.9 Å². The standard InChI is InChI=1S/C21H28N4O/c1-14-9-10-18(19(26)12-14)20-16-7-3-4-8-17(16)21(24-23-20)22-15-6-5-11-25(2)13-15/h9-10,12,15,26H,3-8,11,13H2,1-2H3,(H,22,24). The van der Waals surface area contributed by atoms with Crippen molar-refractivity contribution in [1.29, 1.82) is 0 Å². The summed E-state index contributed by atoms with van der Waals surface area (Å²) in [5, 5.41) is 23.2. The predicted molar refractivity (Wildman–Crippen MR) is 105 cm³/mol. The third kappa shape index (κ3) is 3.40. The first-order valence-electron chi connectivity index (χ1n) is 9.75. The molecule has 4 rings (SSSR count). The third-order valence-corrected chi connectivity index (χ3v) is 5.66. The van der Waals surface area contributed by atoms with Gasteiger partial charge in [0.2, 0.25) is 0 Å². The molecule has 2 N–H and O–H groups in total. The molecule has 1 fully saturated rings. The Morgan fingerprint density at radius 3 is 2.69 bits per heavy atom. The van der Waals surface area contributed by atoms with Crippen LogP contribution in [0.5, 0.6) is 5.75 Å². The number of likely N-dealkylation sites (N-methyl/N-ethyl adjacent to an activating group) is 1. The maximum Gasteiger partial charge on any atom is 0.152 e. The number of aromatic nitrogens is 2. The number of nitrogens with zero attached hydrogens (tertiary/aromatic N) is 3. The van der Waals surface area contributed by atoms with E-state index < -0.39 is 0 Å². The quantitative estimate of drug-likeness (QED) is 0.885. The second kappa shape index (κ2) is 7.23. The lowest BCUT2D eigenvalue weighted by molar-refractivity contribution is 0.260.